The average molecular weight is 395 g/mol. The van der Waals surface area contributed by atoms with Crippen LogP contribution in [0.1, 0.15) is 23.2 Å². The topological polar surface area (TPSA) is 64.6 Å². The van der Waals surface area contributed by atoms with Crippen molar-refractivity contribution in [2.45, 2.75) is 18.9 Å². The van der Waals surface area contributed by atoms with Gasteiger partial charge in [0, 0.05) is 29.9 Å². The van der Waals surface area contributed by atoms with E-state index in [9.17, 15) is 4.79 Å². The fourth-order valence-corrected chi connectivity index (χ4v) is 4.01. The monoisotopic (exact) mass is 395 g/mol. The third kappa shape index (κ3) is 4.05. The number of carbonyl (C=O) groups is 1. The van der Waals surface area contributed by atoms with Crippen LogP contribution in [-0.4, -0.2) is 42.2 Å². The summed E-state index contributed by atoms with van der Waals surface area (Å²) in [6, 6.07) is 11.3. The van der Waals surface area contributed by atoms with E-state index in [1.54, 1.807) is 36.5 Å². The molecule has 144 valence electrons. The van der Waals surface area contributed by atoms with Crippen LogP contribution in [0.2, 0.25) is 0 Å². The van der Waals surface area contributed by atoms with E-state index in [0.717, 1.165) is 36.5 Å². The quantitative estimate of drug-likeness (QED) is 0.630. The van der Waals surface area contributed by atoms with Gasteiger partial charge in [0.15, 0.2) is 5.13 Å². The molecule has 3 heterocycles. The third-order valence-corrected chi connectivity index (χ3v) is 5.54. The summed E-state index contributed by atoms with van der Waals surface area (Å²) in [4.78, 5) is 23.7. The molecule has 1 saturated heterocycles. The lowest BCUT2D eigenvalue weighted by Crippen LogP contribution is -2.37. The van der Waals surface area contributed by atoms with Crippen LogP contribution in [-0.2, 0) is 4.74 Å². The summed E-state index contributed by atoms with van der Waals surface area (Å²) in [5.74, 6) is 0.685. The summed E-state index contributed by atoms with van der Waals surface area (Å²) < 4.78 is 11.0. The van der Waals surface area contributed by atoms with E-state index < -0.39 is 0 Å². The van der Waals surface area contributed by atoms with Gasteiger partial charge in [-0.1, -0.05) is 0 Å². The van der Waals surface area contributed by atoms with Gasteiger partial charge in [-0.25, -0.2) is 4.98 Å². The Kier molecular flexibility index (Phi) is 5.64. The number of ether oxygens (including phenoxy) is 2. The van der Waals surface area contributed by atoms with Gasteiger partial charge in [-0.2, -0.15) is 0 Å². The number of aromatic nitrogens is 2. The normalized spacial score (nSPS) is 16.1. The first kappa shape index (κ1) is 18.6. The zero-order valence-electron chi connectivity index (χ0n) is 15.6. The fourth-order valence-electron chi connectivity index (χ4n) is 3.17. The van der Waals surface area contributed by atoms with Crippen molar-refractivity contribution in [3.8, 4) is 17.0 Å². The van der Waals surface area contributed by atoms with E-state index >= 15 is 0 Å². The first-order chi connectivity index (χ1) is 13.7. The molecule has 1 atom stereocenters. The summed E-state index contributed by atoms with van der Waals surface area (Å²) in [6.07, 6.45) is 5.26. The van der Waals surface area contributed by atoms with Gasteiger partial charge in [-0.15, -0.1) is 11.3 Å². The maximum Gasteiger partial charge on any atom is 0.261 e. The Hall–Kier alpha value is -2.77. The Morgan fingerprint density at radius 1 is 1.32 bits per heavy atom. The zero-order chi connectivity index (χ0) is 19.3. The van der Waals surface area contributed by atoms with Crippen molar-refractivity contribution < 1.29 is 14.3 Å². The van der Waals surface area contributed by atoms with E-state index in [1.165, 1.54) is 11.3 Å². The van der Waals surface area contributed by atoms with Crippen molar-refractivity contribution in [3.63, 3.8) is 0 Å². The number of hydrogen-bond donors (Lipinski definition) is 0. The number of anilines is 1. The minimum atomic E-state index is -0.112. The number of nitrogens with zero attached hydrogens (tertiary/aromatic N) is 3. The van der Waals surface area contributed by atoms with Gasteiger partial charge in [-0.3, -0.25) is 14.7 Å². The van der Waals surface area contributed by atoms with Gasteiger partial charge >= 0.3 is 0 Å². The van der Waals surface area contributed by atoms with Crippen molar-refractivity contribution >= 4 is 22.4 Å². The van der Waals surface area contributed by atoms with Crippen molar-refractivity contribution in [2.24, 2.45) is 0 Å². The second-order valence-electron chi connectivity index (χ2n) is 6.54. The molecule has 0 radical (unpaired) electrons. The van der Waals surface area contributed by atoms with Crippen molar-refractivity contribution in [3.05, 3.63) is 59.7 Å². The summed E-state index contributed by atoms with van der Waals surface area (Å²) in [5.41, 5.74) is 2.36. The molecule has 2 aromatic heterocycles. The van der Waals surface area contributed by atoms with Crippen LogP contribution in [0.4, 0.5) is 5.13 Å². The van der Waals surface area contributed by atoms with E-state index in [0.29, 0.717) is 17.2 Å². The Labute approximate surface area is 167 Å². The number of benzene rings is 1. The van der Waals surface area contributed by atoms with Gasteiger partial charge in [0.1, 0.15) is 5.75 Å². The van der Waals surface area contributed by atoms with Crippen molar-refractivity contribution in [1.29, 1.82) is 0 Å². The van der Waals surface area contributed by atoms with E-state index in [1.807, 2.05) is 29.6 Å². The van der Waals surface area contributed by atoms with Crippen molar-refractivity contribution in [2.75, 3.05) is 25.2 Å². The fraction of sp³-hybridized carbons (Fsp3) is 0.286. The van der Waals surface area contributed by atoms with Crippen LogP contribution < -0.4 is 9.64 Å². The first-order valence-corrected chi connectivity index (χ1v) is 10.1. The molecule has 1 aromatic carbocycles. The summed E-state index contributed by atoms with van der Waals surface area (Å²) in [6.45, 7) is 1.23. The Morgan fingerprint density at radius 2 is 2.18 bits per heavy atom. The van der Waals surface area contributed by atoms with Crippen LogP contribution in [0, 0.1) is 0 Å². The van der Waals surface area contributed by atoms with Gasteiger partial charge in [-0.05, 0) is 49.2 Å². The number of hydrogen-bond acceptors (Lipinski definition) is 6. The number of rotatable bonds is 6. The molecule has 3 aromatic rings. The van der Waals surface area contributed by atoms with Gasteiger partial charge in [0.25, 0.3) is 5.91 Å². The van der Waals surface area contributed by atoms with Crippen LogP contribution in [0.5, 0.6) is 5.75 Å². The molecule has 4 rings (SSSR count). The molecule has 0 N–H and O–H groups in total. The Morgan fingerprint density at radius 3 is 2.86 bits per heavy atom. The highest BCUT2D eigenvalue weighted by molar-refractivity contribution is 7.14. The molecule has 0 saturated carbocycles. The lowest BCUT2D eigenvalue weighted by atomic mass is 10.2. The van der Waals surface area contributed by atoms with Crippen molar-refractivity contribution in [1.82, 2.24) is 9.97 Å². The molecule has 1 unspecified atom stereocenters. The number of amides is 1. The van der Waals surface area contributed by atoms with E-state index in [2.05, 4.69) is 4.98 Å². The smallest absolute Gasteiger partial charge is 0.261 e. The van der Waals surface area contributed by atoms with Gasteiger partial charge in [0.2, 0.25) is 0 Å². The SMILES string of the molecule is COc1ccc(-c2csc(N(CC3CCCO3)C(=O)c3cccnc3)n2)cc1. The van der Waals surface area contributed by atoms with Crippen LogP contribution >= 0.6 is 11.3 Å². The Bertz CT molecular complexity index is 922. The van der Waals surface area contributed by atoms with E-state index in [4.69, 9.17) is 14.5 Å². The van der Waals surface area contributed by atoms with E-state index in [-0.39, 0.29) is 12.0 Å². The second-order valence-corrected chi connectivity index (χ2v) is 7.37. The van der Waals surface area contributed by atoms with Gasteiger partial charge < -0.3 is 9.47 Å². The molecule has 0 spiro atoms. The summed E-state index contributed by atoms with van der Waals surface area (Å²) in [7, 11) is 1.64. The lowest BCUT2D eigenvalue weighted by molar-refractivity contribution is 0.0917. The molecule has 0 aliphatic carbocycles. The predicted octanol–water partition coefficient (Wildman–Crippen LogP) is 4.04. The molecule has 1 amide bonds. The standard InChI is InChI=1S/C21H21N3O3S/c1-26-17-8-6-15(7-9-17)19-14-28-21(23-19)24(13-18-5-3-11-27-18)20(25)16-4-2-10-22-12-16/h2,4,6-10,12,14,18H,3,5,11,13H2,1H3. The highest BCUT2D eigenvalue weighted by Crippen LogP contribution is 2.30. The number of pyridine rings is 1. The molecule has 7 heteroatoms. The van der Waals surface area contributed by atoms with Crippen LogP contribution in [0.3, 0.4) is 0 Å². The third-order valence-electron chi connectivity index (χ3n) is 4.67. The summed E-state index contributed by atoms with van der Waals surface area (Å²) in [5, 5.41) is 2.63. The molecule has 0 bridgehead atoms. The highest BCUT2D eigenvalue weighted by atomic mass is 32.1. The molecule has 28 heavy (non-hydrogen) atoms. The Balaban J connectivity index is 1.62. The maximum absolute atomic E-state index is 13.1. The van der Waals surface area contributed by atoms with Crippen LogP contribution in [0.15, 0.2) is 54.2 Å². The largest absolute Gasteiger partial charge is 0.497 e. The van der Waals surface area contributed by atoms with Gasteiger partial charge in [0.05, 0.1) is 31.0 Å². The molecular weight excluding hydrogens is 374 g/mol. The molecule has 1 aliphatic rings. The molecule has 1 fully saturated rings. The number of methoxy groups -OCH3 is 1. The minimum Gasteiger partial charge on any atom is -0.497 e. The number of thiazole rings is 1. The highest BCUT2D eigenvalue weighted by Gasteiger charge is 2.27. The van der Waals surface area contributed by atoms with Crippen LogP contribution in [0.25, 0.3) is 11.3 Å². The number of carbonyl (C=O) groups excluding carboxylic acids is 1. The second kappa shape index (κ2) is 8.50. The zero-order valence-corrected chi connectivity index (χ0v) is 16.4. The molecular formula is C21H21N3O3S. The molecule has 1 aliphatic heterocycles. The molecule has 6 nitrogen and oxygen atoms in total. The predicted molar refractivity (Wildman–Crippen MR) is 109 cm³/mol. The lowest BCUT2D eigenvalue weighted by Gasteiger charge is -2.23. The summed E-state index contributed by atoms with van der Waals surface area (Å²) >= 11 is 1.46. The minimum absolute atomic E-state index is 0.0361. The maximum atomic E-state index is 13.1. The average Bonchev–Trinajstić information content (AvgIpc) is 3.44. The first-order valence-electron chi connectivity index (χ1n) is 9.18.